The van der Waals surface area contributed by atoms with Crippen LogP contribution in [0.25, 0.3) is 5.69 Å². The third-order valence-electron chi connectivity index (χ3n) is 5.79. The Bertz CT molecular complexity index is 886. The van der Waals surface area contributed by atoms with E-state index in [1.54, 1.807) is 6.07 Å². The highest BCUT2D eigenvalue weighted by Crippen LogP contribution is 2.30. The first-order valence-corrected chi connectivity index (χ1v) is 11.4. The second-order valence-corrected chi connectivity index (χ2v) is 8.98. The molecule has 1 aliphatic rings. The third kappa shape index (κ3) is 5.64. The number of carbonyl (C=O) groups is 1. The van der Waals surface area contributed by atoms with Crippen molar-refractivity contribution in [3.05, 3.63) is 41.3 Å². The summed E-state index contributed by atoms with van der Waals surface area (Å²) in [5.41, 5.74) is 2.65. The van der Waals surface area contributed by atoms with Crippen LogP contribution in [0.4, 0.5) is 10.2 Å². The number of anilines is 1. The molecule has 1 saturated heterocycles. The second-order valence-electron chi connectivity index (χ2n) is 8.98. The standard InChI is InChI=1S/C24H36FN5O/c1-6-10-29(23(31)15-18(2)3)17-22-19(4)26-30(21-9-7-8-20(25)16-21)24(22)28-13-11-27(5)12-14-28/h7-9,16,18H,6,10-15,17H2,1-5H3. The van der Waals surface area contributed by atoms with Crippen molar-refractivity contribution in [1.82, 2.24) is 19.6 Å². The summed E-state index contributed by atoms with van der Waals surface area (Å²) < 4.78 is 15.9. The summed E-state index contributed by atoms with van der Waals surface area (Å²) in [5, 5.41) is 4.81. The normalized spacial score (nSPS) is 15.0. The van der Waals surface area contributed by atoms with E-state index in [1.807, 2.05) is 22.6 Å². The van der Waals surface area contributed by atoms with Crippen LogP contribution >= 0.6 is 0 Å². The molecule has 3 rings (SSSR count). The molecule has 31 heavy (non-hydrogen) atoms. The van der Waals surface area contributed by atoms with E-state index >= 15 is 0 Å². The number of benzene rings is 1. The van der Waals surface area contributed by atoms with Crippen LogP contribution in [-0.2, 0) is 11.3 Å². The van der Waals surface area contributed by atoms with E-state index in [4.69, 9.17) is 5.10 Å². The maximum Gasteiger partial charge on any atom is 0.223 e. The zero-order chi connectivity index (χ0) is 22.5. The SMILES string of the molecule is CCCN(Cc1c(C)nn(-c2cccc(F)c2)c1N1CCN(C)CC1)C(=O)CC(C)C. The summed E-state index contributed by atoms with van der Waals surface area (Å²) in [6, 6.07) is 6.56. The molecule has 0 aliphatic carbocycles. The van der Waals surface area contributed by atoms with Gasteiger partial charge in [0.25, 0.3) is 0 Å². The molecule has 1 fully saturated rings. The number of hydrogen-bond acceptors (Lipinski definition) is 4. The molecule has 2 heterocycles. The first-order chi connectivity index (χ1) is 14.8. The van der Waals surface area contributed by atoms with Gasteiger partial charge in [-0.2, -0.15) is 5.10 Å². The molecule has 0 atom stereocenters. The van der Waals surface area contributed by atoms with Crippen molar-refractivity contribution in [3.63, 3.8) is 0 Å². The van der Waals surface area contributed by atoms with Gasteiger partial charge in [-0.05, 0) is 44.5 Å². The number of hydrogen-bond donors (Lipinski definition) is 0. The van der Waals surface area contributed by atoms with Gasteiger partial charge in [-0.1, -0.05) is 26.8 Å². The highest BCUT2D eigenvalue weighted by molar-refractivity contribution is 5.76. The van der Waals surface area contributed by atoms with Gasteiger partial charge in [0.15, 0.2) is 0 Å². The fraction of sp³-hybridized carbons (Fsp3) is 0.583. The molecule has 6 nitrogen and oxygen atoms in total. The largest absolute Gasteiger partial charge is 0.354 e. The summed E-state index contributed by atoms with van der Waals surface area (Å²) in [6.45, 7) is 13.1. The Morgan fingerprint density at radius 1 is 1.23 bits per heavy atom. The average molecular weight is 430 g/mol. The van der Waals surface area contributed by atoms with Gasteiger partial charge in [0.1, 0.15) is 11.6 Å². The quantitative estimate of drug-likeness (QED) is 0.639. The minimum absolute atomic E-state index is 0.180. The van der Waals surface area contributed by atoms with Crippen LogP contribution in [0, 0.1) is 18.7 Å². The number of halogens is 1. The fourth-order valence-corrected chi connectivity index (χ4v) is 4.09. The van der Waals surface area contributed by atoms with Gasteiger partial charge >= 0.3 is 0 Å². The Balaban J connectivity index is 2.03. The number of nitrogens with zero attached hydrogens (tertiary/aromatic N) is 5. The van der Waals surface area contributed by atoms with Gasteiger partial charge in [0, 0.05) is 44.7 Å². The average Bonchev–Trinajstić information content (AvgIpc) is 3.04. The predicted octanol–water partition coefficient (Wildman–Crippen LogP) is 3.86. The lowest BCUT2D eigenvalue weighted by Gasteiger charge is -2.35. The lowest BCUT2D eigenvalue weighted by molar-refractivity contribution is -0.132. The lowest BCUT2D eigenvalue weighted by atomic mass is 10.1. The zero-order valence-electron chi connectivity index (χ0n) is 19.6. The Kier molecular flexibility index (Phi) is 7.70. The van der Waals surface area contributed by atoms with Crippen LogP contribution in [0.3, 0.4) is 0 Å². The molecule has 1 aliphatic heterocycles. The minimum atomic E-state index is -0.281. The first kappa shape index (κ1) is 23.3. The lowest BCUT2D eigenvalue weighted by Crippen LogP contribution is -2.45. The van der Waals surface area contributed by atoms with Gasteiger partial charge in [-0.3, -0.25) is 4.79 Å². The summed E-state index contributed by atoms with van der Waals surface area (Å²) >= 11 is 0. The van der Waals surface area contributed by atoms with Crippen LogP contribution in [0.5, 0.6) is 0 Å². The summed E-state index contributed by atoms with van der Waals surface area (Å²) in [6.07, 6.45) is 1.45. The van der Waals surface area contributed by atoms with E-state index in [2.05, 4.69) is 37.6 Å². The number of carbonyl (C=O) groups excluding carboxylic acids is 1. The van der Waals surface area contributed by atoms with E-state index in [1.165, 1.54) is 12.1 Å². The van der Waals surface area contributed by atoms with Crippen LogP contribution in [0.1, 0.15) is 44.9 Å². The van der Waals surface area contributed by atoms with Crippen LogP contribution in [0.2, 0.25) is 0 Å². The van der Waals surface area contributed by atoms with E-state index in [-0.39, 0.29) is 11.7 Å². The minimum Gasteiger partial charge on any atom is -0.354 e. The van der Waals surface area contributed by atoms with Crippen molar-refractivity contribution in [3.8, 4) is 5.69 Å². The van der Waals surface area contributed by atoms with Gasteiger partial charge in [-0.15, -0.1) is 0 Å². The van der Waals surface area contributed by atoms with Crippen LogP contribution in [0.15, 0.2) is 24.3 Å². The zero-order valence-corrected chi connectivity index (χ0v) is 19.6. The van der Waals surface area contributed by atoms with Crippen molar-refractivity contribution in [2.45, 2.75) is 47.1 Å². The topological polar surface area (TPSA) is 44.6 Å². The van der Waals surface area contributed by atoms with Crippen molar-refractivity contribution < 1.29 is 9.18 Å². The maximum absolute atomic E-state index is 14.0. The number of piperazine rings is 1. The number of amides is 1. The number of aromatic nitrogens is 2. The Morgan fingerprint density at radius 3 is 2.55 bits per heavy atom. The highest BCUT2D eigenvalue weighted by Gasteiger charge is 2.27. The van der Waals surface area contributed by atoms with E-state index in [0.29, 0.717) is 24.6 Å². The molecule has 2 aromatic rings. The molecule has 0 bridgehead atoms. The summed E-state index contributed by atoms with van der Waals surface area (Å²) in [5.74, 6) is 1.20. The number of aryl methyl sites for hydroxylation is 1. The van der Waals surface area contributed by atoms with Gasteiger partial charge < -0.3 is 14.7 Å². The Hall–Kier alpha value is -2.41. The molecule has 1 aromatic heterocycles. The molecule has 0 saturated carbocycles. The smallest absolute Gasteiger partial charge is 0.223 e. The number of likely N-dealkylation sites (N-methyl/N-ethyl adjacent to an activating group) is 1. The molecule has 0 unspecified atom stereocenters. The van der Waals surface area contributed by atoms with Crippen molar-refractivity contribution in [1.29, 1.82) is 0 Å². The molecule has 1 amide bonds. The van der Waals surface area contributed by atoms with Gasteiger partial charge in [0.05, 0.1) is 17.9 Å². The summed E-state index contributed by atoms with van der Waals surface area (Å²) in [4.78, 5) is 19.5. The summed E-state index contributed by atoms with van der Waals surface area (Å²) in [7, 11) is 2.13. The fourth-order valence-electron chi connectivity index (χ4n) is 4.09. The number of rotatable bonds is 8. The maximum atomic E-state index is 14.0. The monoisotopic (exact) mass is 429 g/mol. The van der Waals surface area contributed by atoms with E-state index in [0.717, 1.165) is 56.2 Å². The van der Waals surface area contributed by atoms with E-state index < -0.39 is 0 Å². The molecule has 0 radical (unpaired) electrons. The molecule has 170 valence electrons. The van der Waals surface area contributed by atoms with Crippen LogP contribution < -0.4 is 4.90 Å². The molecule has 0 N–H and O–H groups in total. The highest BCUT2D eigenvalue weighted by atomic mass is 19.1. The third-order valence-corrected chi connectivity index (χ3v) is 5.79. The van der Waals surface area contributed by atoms with Crippen molar-refractivity contribution >= 4 is 11.7 Å². The molecule has 7 heteroatoms. The van der Waals surface area contributed by atoms with E-state index in [9.17, 15) is 9.18 Å². The molecular formula is C24H36FN5O. The predicted molar refractivity (Wildman–Crippen MR) is 123 cm³/mol. The van der Waals surface area contributed by atoms with Crippen molar-refractivity contribution in [2.24, 2.45) is 5.92 Å². The molecule has 1 aromatic carbocycles. The Labute approximate surface area is 185 Å². The van der Waals surface area contributed by atoms with Crippen molar-refractivity contribution in [2.75, 3.05) is 44.7 Å². The molecule has 0 spiro atoms. The first-order valence-electron chi connectivity index (χ1n) is 11.4. The van der Waals surface area contributed by atoms with Gasteiger partial charge in [0.2, 0.25) is 5.91 Å². The van der Waals surface area contributed by atoms with Crippen LogP contribution in [-0.4, -0.2) is 65.3 Å². The van der Waals surface area contributed by atoms with Gasteiger partial charge in [-0.25, -0.2) is 9.07 Å². The second kappa shape index (κ2) is 10.3. The molecular weight excluding hydrogens is 393 g/mol. The Morgan fingerprint density at radius 2 is 1.94 bits per heavy atom.